The molecule has 0 spiro atoms. The van der Waals surface area contributed by atoms with Gasteiger partial charge in [0.1, 0.15) is 0 Å². The average molecular weight is 431 g/mol. The number of amides is 1. The topological polar surface area (TPSA) is 99.0 Å². The lowest BCUT2D eigenvalue weighted by molar-refractivity contribution is -0.142. The van der Waals surface area contributed by atoms with Crippen molar-refractivity contribution in [2.75, 3.05) is 5.32 Å². The van der Waals surface area contributed by atoms with Gasteiger partial charge in [0.05, 0.1) is 17.3 Å². The minimum Gasteiger partial charge on any atom is -0.481 e. The molecule has 1 aliphatic heterocycles. The first-order chi connectivity index (χ1) is 14.4. The highest BCUT2D eigenvalue weighted by molar-refractivity contribution is 6.32. The van der Waals surface area contributed by atoms with Crippen LogP contribution in [0, 0.1) is 5.92 Å². The molecule has 0 aliphatic carbocycles. The molecular weight excluding hydrogens is 404 g/mol. The zero-order valence-electron chi connectivity index (χ0n) is 17.1. The van der Waals surface area contributed by atoms with Crippen LogP contribution in [0.3, 0.4) is 0 Å². The molecule has 1 unspecified atom stereocenters. The Kier molecular flexibility index (Phi) is 9.02. The van der Waals surface area contributed by atoms with Crippen molar-refractivity contribution < 1.29 is 19.8 Å². The fourth-order valence-corrected chi connectivity index (χ4v) is 3.36. The van der Waals surface area contributed by atoms with Gasteiger partial charge in [0.15, 0.2) is 0 Å². The molecule has 2 aromatic carbocycles. The predicted molar refractivity (Wildman–Crippen MR) is 119 cm³/mol. The van der Waals surface area contributed by atoms with Crippen LogP contribution in [0.5, 0.6) is 0 Å². The number of carboxylic acids is 1. The SMILES string of the molecule is CCCC(CCC)C(=O)O.O=C1Nc2ccc(Cl)cc2C(c2ccccc2)=NC1O. The number of carbonyl (C=O) groups is 2. The van der Waals surface area contributed by atoms with Crippen LogP contribution in [0.25, 0.3) is 0 Å². The Labute approximate surface area is 181 Å². The van der Waals surface area contributed by atoms with Crippen molar-refractivity contribution in [1.29, 1.82) is 0 Å². The number of anilines is 1. The van der Waals surface area contributed by atoms with E-state index in [9.17, 15) is 14.7 Å². The molecule has 0 aromatic heterocycles. The summed E-state index contributed by atoms with van der Waals surface area (Å²) in [6, 6.07) is 14.5. The number of aliphatic hydroxyl groups is 1. The molecule has 6 nitrogen and oxygen atoms in total. The Morgan fingerprint density at radius 2 is 1.77 bits per heavy atom. The van der Waals surface area contributed by atoms with E-state index >= 15 is 0 Å². The van der Waals surface area contributed by atoms with Gasteiger partial charge in [0.25, 0.3) is 5.91 Å². The summed E-state index contributed by atoms with van der Waals surface area (Å²) in [7, 11) is 0. The fraction of sp³-hybridized carbons (Fsp3) is 0.348. The lowest BCUT2D eigenvalue weighted by Gasteiger charge is -2.10. The number of benzene rings is 2. The van der Waals surface area contributed by atoms with Crippen LogP contribution >= 0.6 is 11.6 Å². The maximum atomic E-state index is 11.7. The number of benzodiazepines with no additional fused rings is 1. The van der Waals surface area contributed by atoms with E-state index in [4.69, 9.17) is 16.7 Å². The van der Waals surface area contributed by atoms with Gasteiger partial charge in [-0.2, -0.15) is 0 Å². The standard InChI is InChI=1S/C15H11ClN2O2.C8H16O2/c16-10-6-7-12-11(8-10)13(9-4-2-1-3-5-9)18-15(20)14(19)17-12;1-3-5-7(6-4-2)8(9)10/h1-8,15,20H,(H,17,19);7H,3-6H2,1-2H3,(H,9,10). The molecule has 3 rings (SSSR count). The lowest BCUT2D eigenvalue weighted by Crippen LogP contribution is -2.24. The van der Waals surface area contributed by atoms with Gasteiger partial charge >= 0.3 is 5.97 Å². The van der Waals surface area contributed by atoms with E-state index in [1.54, 1.807) is 18.2 Å². The van der Waals surface area contributed by atoms with E-state index in [0.29, 0.717) is 22.0 Å². The number of carboxylic acid groups (broad SMARTS) is 1. The van der Waals surface area contributed by atoms with Crippen LogP contribution in [0.15, 0.2) is 53.5 Å². The van der Waals surface area contributed by atoms with Crippen molar-refractivity contribution in [1.82, 2.24) is 0 Å². The maximum absolute atomic E-state index is 11.7. The number of rotatable bonds is 6. The quantitative estimate of drug-likeness (QED) is 0.616. The summed E-state index contributed by atoms with van der Waals surface area (Å²) in [4.78, 5) is 26.3. The molecule has 1 aliphatic rings. The van der Waals surface area contributed by atoms with Crippen LogP contribution < -0.4 is 5.32 Å². The predicted octanol–water partition coefficient (Wildman–Crippen LogP) is 4.74. The summed E-state index contributed by atoms with van der Waals surface area (Å²) in [5.74, 6) is -1.29. The van der Waals surface area contributed by atoms with Crippen molar-refractivity contribution in [3.05, 3.63) is 64.7 Å². The van der Waals surface area contributed by atoms with Crippen molar-refractivity contribution in [3.63, 3.8) is 0 Å². The van der Waals surface area contributed by atoms with Crippen molar-refractivity contribution in [3.8, 4) is 0 Å². The fourth-order valence-electron chi connectivity index (χ4n) is 3.18. The zero-order chi connectivity index (χ0) is 22.1. The molecule has 0 radical (unpaired) electrons. The van der Waals surface area contributed by atoms with Gasteiger partial charge in [-0.3, -0.25) is 9.59 Å². The summed E-state index contributed by atoms with van der Waals surface area (Å²) < 4.78 is 0. The van der Waals surface area contributed by atoms with Gasteiger partial charge in [-0.05, 0) is 31.0 Å². The smallest absolute Gasteiger partial charge is 0.306 e. The molecule has 3 N–H and O–H groups in total. The number of nitrogens with zero attached hydrogens (tertiary/aromatic N) is 1. The molecule has 7 heteroatoms. The molecule has 160 valence electrons. The van der Waals surface area contributed by atoms with Crippen LogP contribution in [-0.4, -0.2) is 34.0 Å². The Balaban J connectivity index is 0.000000274. The highest BCUT2D eigenvalue weighted by atomic mass is 35.5. The number of hydrogen-bond acceptors (Lipinski definition) is 4. The van der Waals surface area contributed by atoms with E-state index in [1.165, 1.54) is 0 Å². The molecule has 30 heavy (non-hydrogen) atoms. The van der Waals surface area contributed by atoms with Crippen molar-refractivity contribution in [2.45, 2.75) is 45.8 Å². The Hall–Kier alpha value is -2.70. The number of fused-ring (bicyclic) bond motifs is 1. The molecule has 0 saturated carbocycles. The monoisotopic (exact) mass is 430 g/mol. The van der Waals surface area contributed by atoms with Crippen molar-refractivity contribution >= 4 is 34.9 Å². The van der Waals surface area contributed by atoms with Gasteiger partial charge in [-0.15, -0.1) is 0 Å². The molecule has 1 heterocycles. The van der Waals surface area contributed by atoms with Gasteiger partial charge in [-0.25, -0.2) is 4.99 Å². The van der Waals surface area contributed by atoms with Gasteiger partial charge in [0.2, 0.25) is 6.23 Å². The van der Waals surface area contributed by atoms with E-state index in [1.807, 2.05) is 44.2 Å². The third kappa shape index (κ3) is 6.40. The van der Waals surface area contributed by atoms with Crippen LogP contribution in [0.1, 0.15) is 50.7 Å². The Bertz CT molecular complexity index is 893. The summed E-state index contributed by atoms with van der Waals surface area (Å²) in [6.45, 7) is 4.04. The molecule has 0 saturated heterocycles. The molecule has 1 atom stereocenters. The van der Waals surface area contributed by atoms with Crippen molar-refractivity contribution in [2.24, 2.45) is 10.9 Å². The minimum atomic E-state index is -1.43. The molecule has 2 aromatic rings. The highest BCUT2D eigenvalue weighted by Gasteiger charge is 2.24. The van der Waals surface area contributed by atoms with Gasteiger partial charge in [0, 0.05) is 16.1 Å². The number of aliphatic carboxylic acids is 1. The molecular formula is C23H27ClN2O4. The van der Waals surface area contributed by atoms with Crippen LogP contribution in [0.4, 0.5) is 5.69 Å². The second-order valence-electron chi connectivity index (χ2n) is 7.01. The first-order valence-corrected chi connectivity index (χ1v) is 10.4. The third-order valence-electron chi connectivity index (χ3n) is 4.65. The van der Waals surface area contributed by atoms with E-state index < -0.39 is 18.1 Å². The van der Waals surface area contributed by atoms with Gasteiger partial charge < -0.3 is 15.5 Å². The van der Waals surface area contributed by atoms with E-state index in [0.717, 1.165) is 31.2 Å². The number of hydrogen-bond donors (Lipinski definition) is 3. The number of aliphatic imine (C=N–C) groups is 1. The third-order valence-corrected chi connectivity index (χ3v) is 4.89. The van der Waals surface area contributed by atoms with E-state index in [2.05, 4.69) is 10.3 Å². The van der Waals surface area contributed by atoms with E-state index in [-0.39, 0.29) is 5.92 Å². The largest absolute Gasteiger partial charge is 0.481 e. The minimum absolute atomic E-state index is 0.102. The summed E-state index contributed by atoms with van der Waals surface area (Å²) in [5.41, 5.74) is 2.62. The zero-order valence-corrected chi connectivity index (χ0v) is 17.9. The van der Waals surface area contributed by atoms with Gasteiger partial charge in [-0.1, -0.05) is 68.6 Å². The maximum Gasteiger partial charge on any atom is 0.306 e. The molecule has 1 amide bonds. The summed E-state index contributed by atoms with van der Waals surface area (Å²) in [6.07, 6.45) is 2.15. The summed E-state index contributed by atoms with van der Waals surface area (Å²) in [5, 5.41) is 21.6. The first-order valence-electron chi connectivity index (χ1n) is 10.0. The Morgan fingerprint density at radius 3 is 2.33 bits per heavy atom. The average Bonchev–Trinajstić information content (AvgIpc) is 2.85. The summed E-state index contributed by atoms with van der Waals surface area (Å²) >= 11 is 6.03. The second kappa shape index (κ2) is 11.5. The number of halogens is 1. The molecule has 0 bridgehead atoms. The number of carbonyl (C=O) groups excluding carboxylic acids is 1. The van der Waals surface area contributed by atoms with Crippen LogP contribution in [-0.2, 0) is 9.59 Å². The molecule has 0 fully saturated rings. The number of nitrogens with one attached hydrogen (secondary N) is 1. The second-order valence-corrected chi connectivity index (χ2v) is 7.45. The lowest BCUT2D eigenvalue weighted by atomic mass is 9.99. The normalized spacial score (nSPS) is 15.3. The van der Waals surface area contributed by atoms with Crippen LogP contribution in [0.2, 0.25) is 5.02 Å². The Morgan fingerprint density at radius 1 is 1.13 bits per heavy atom. The highest BCUT2D eigenvalue weighted by Crippen LogP contribution is 2.26. The first kappa shape index (κ1) is 23.6. The number of aliphatic hydroxyl groups excluding tert-OH is 1.